The summed E-state index contributed by atoms with van der Waals surface area (Å²) in [6, 6.07) is 0. The number of nitrogens with two attached hydrogens (primary N) is 1. The first kappa shape index (κ1) is 16.2. The maximum atomic E-state index is 11.8. The van der Waals surface area contributed by atoms with Gasteiger partial charge in [0.1, 0.15) is 6.54 Å². The molecule has 1 aliphatic rings. The molecule has 0 aliphatic heterocycles. The number of esters is 1. The largest absolute Gasteiger partial charge is 0.468 e. The first-order valence-electron chi connectivity index (χ1n) is 5.61. The zero-order valence-electron chi connectivity index (χ0n) is 10.3. The molecule has 0 spiro atoms. The van der Waals surface area contributed by atoms with Crippen molar-refractivity contribution in [1.29, 1.82) is 0 Å². The number of nitrogens with one attached hydrogen (secondary N) is 1. The second kappa shape index (κ2) is 6.81. The number of carbonyl (C=O) groups excluding carboxylic acids is 2. The summed E-state index contributed by atoms with van der Waals surface area (Å²) in [5.41, 5.74) is 5.62. The number of ether oxygens (including phenoxy) is 1. The Bertz CT molecular complexity index is 282. The van der Waals surface area contributed by atoms with Crippen molar-refractivity contribution < 1.29 is 14.3 Å². The lowest BCUT2D eigenvalue weighted by Crippen LogP contribution is -2.53. The zero-order chi connectivity index (χ0) is 12.2. The van der Waals surface area contributed by atoms with Gasteiger partial charge in [0.25, 0.3) is 0 Å². The van der Waals surface area contributed by atoms with Gasteiger partial charge in [0.15, 0.2) is 0 Å². The standard InChI is InChI=1S/C11H20N2O3.ClH/c1-11(12)6-4-3-5-8(11)10(15)13-7-9(14)16-2;/h8H,3-7,12H2,1-2H3,(H,13,15);1H. The lowest BCUT2D eigenvalue weighted by molar-refractivity contribution is -0.142. The highest BCUT2D eigenvalue weighted by Crippen LogP contribution is 2.31. The fourth-order valence-electron chi connectivity index (χ4n) is 2.14. The minimum atomic E-state index is -0.460. The Hall–Kier alpha value is -0.810. The molecular formula is C11H21ClN2O3. The molecule has 2 unspecified atom stereocenters. The van der Waals surface area contributed by atoms with Crippen molar-refractivity contribution in [3.63, 3.8) is 0 Å². The van der Waals surface area contributed by atoms with Crippen LogP contribution in [-0.2, 0) is 14.3 Å². The SMILES string of the molecule is COC(=O)CNC(=O)C1CCCCC1(C)N.Cl. The van der Waals surface area contributed by atoms with Crippen LogP contribution in [0.1, 0.15) is 32.6 Å². The first-order chi connectivity index (χ1) is 7.47. The molecule has 0 aromatic carbocycles. The summed E-state index contributed by atoms with van der Waals surface area (Å²) in [6.45, 7) is 1.82. The van der Waals surface area contributed by atoms with Crippen molar-refractivity contribution in [2.75, 3.05) is 13.7 Å². The van der Waals surface area contributed by atoms with E-state index >= 15 is 0 Å². The van der Waals surface area contributed by atoms with Crippen LogP contribution in [0.5, 0.6) is 0 Å². The van der Waals surface area contributed by atoms with Crippen LogP contribution in [-0.4, -0.2) is 31.1 Å². The molecule has 1 amide bonds. The number of methoxy groups -OCH3 is 1. The van der Waals surface area contributed by atoms with Crippen molar-refractivity contribution in [3.8, 4) is 0 Å². The molecule has 6 heteroatoms. The summed E-state index contributed by atoms with van der Waals surface area (Å²) in [4.78, 5) is 22.7. The van der Waals surface area contributed by atoms with E-state index in [1.54, 1.807) is 0 Å². The predicted octanol–water partition coefficient (Wildman–Crippen LogP) is 0.605. The highest BCUT2D eigenvalue weighted by atomic mass is 35.5. The fraction of sp³-hybridized carbons (Fsp3) is 0.818. The smallest absolute Gasteiger partial charge is 0.325 e. The lowest BCUT2D eigenvalue weighted by atomic mass is 9.74. The van der Waals surface area contributed by atoms with Crippen LogP contribution in [0.4, 0.5) is 0 Å². The van der Waals surface area contributed by atoms with Crippen LogP contribution in [0, 0.1) is 5.92 Å². The molecule has 0 saturated heterocycles. The van der Waals surface area contributed by atoms with Crippen molar-refractivity contribution >= 4 is 24.3 Å². The average Bonchev–Trinajstić information content (AvgIpc) is 2.24. The van der Waals surface area contributed by atoms with Gasteiger partial charge < -0.3 is 15.8 Å². The van der Waals surface area contributed by atoms with Crippen LogP contribution in [0.15, 0.2) is 0 Å². The van der Waals surface area contributed by atoms with Crippen LogP contribution in [0.25, 0.3) is 0 Å². The van der Waals surface area contributed by atoms with Crippen molar-refractivity contribution in [1.82, 2.24) is 5.32 Å². The molecule has 3 N–H and O–H groups in total. The van der Waals surface area contributed by atoms with Crippen molar-refractivity contribution in [2.24, 2.45) is 11.7 Å². The molecule has 0 heterocycles. The summed E-state index contributed by atoms with van der Waals surface area (Å²) in [5, 5.41) is 2.57. The quantitative estimate of drug-likeness (QED) is 0.732. The van der Waals surface area contributed by atoms with Crippen LogP contribution in [0.3, 0.4) is 0 Å². The van der Waals surface area contributed by atoms with E-state index < -0.39 is 11.5 Å². The van der Waals surface area contributed by atoms with Gasteiger partial charge in [0.05, 0.1) is 13.0 Å². The number of hydrogen-bond acceptors (Lipinski definition) is 4. The number of halogens is 1. The third kappa shape index (κ3) is 4.52. The van der Waals surface area contributed by atoms with Gasteiger partial charge in [-0.2, -0.15) is 0 Å². The molecule has 0 aromatic heterocycles. The Morgan fingerprint density at radius 3 is 2.65 bits per heavy atom. The number of carbonyl (C=O) groups is 2. The molecule has 0 bridgehead atoms. The molecule has 17 heavy (non-hydrogen) atoms. The monoisotopic (exact) mass is 264 g/mol. The molecule has 0 aromatic rings. The van der Waals surface area contributed by atoms with E-state index in [1.165, 1.54) is 7.11 Å². The normalized spacial score (nSPS) is 27.8. The van der Waals surface area contributed by atoms with Crippen LogP contribution in [0.2, 0.25) is 0 Å². The molecule has 5 nitrogen and oxygen atoms in total. The maximum absolute atomic E-state index is 11.8. The third-order valence-electron chi connectivity index (χ3n) is 3.21. The summed E-state index contributed by atoms with van der Waals surface area (Å²) in [7, 11) is 1.29. The van der Waals surface area contributed by atoms with Crippen LogP contribution < -0.4 is 11.1 Å². The highest BCUT2D eigenvalue weighted by molar-refractivity contribution is 5.85. The third-order valence-corrected chi connectivity index (χ3v) is 3.21. The number of hydrogen-bond donors (Lipinski definition) is 2. The molecule has 1 rings (SSSR count). The molecule has 1 saturated carbocycles. The zero-order valence-corrected chi connectivity index (χ0v) is 11.1. The topological polar surface area (TPSA) is 81.4 Å². The van der Waals surface area contributed by atoms with Crippen molar-refractivity contribution in [2.45, 2.75) is 38.1 Å². The van der Waals surface area contributed by atoms with Gasteiger partial charge in [-0.3, -0.25) is 9.59 Å². The lowest BCUT2D eigenvalue weighted by Gasteiger charge is -2.37. The molecule has 100 valence electrons. The van der Waals surface area contributed by atoms with Gasteiger partial charge in [-0.1, -0.05) is 12.8 Å². The van der Waals surface area contributed by atoms with E-state index in [-0.39, 0.29) is 30.8 Å². The van der Waals surface area contributed by atoms with E-state index in [9.17, 15) is 9.59 Å². The Morgan fingerprint density at radius 2 is 2.12 bits per heavy atom. The number of amides is 1. The Kier molecular flexibility index (Phi) is 6.49. The first-order valence-corrected chi connectivity index (χ1v) is 5.61. The molecule has 2 atom stereocenters. The summed E-state index contributed by atoms with van der Waals surface area (Å²) < 4.78 is 4.46. The summed E-state index contributed by atoms with van der Waals surface area (Å²) in [6.07, 6.45) is 3.72. The van der Waals surface area contributed by atoms with E-state index in [4.69, 9.17) is 5.73 Å². The predicted molar refractivity (Wildman–Crippen MR) is 66.8 cm³/mol. The molecule has 0 radical (unpaired) electrons. The Balaban J connectivity index is 0.00000256. The van der Waals surface area contributed by atoms with Gasteiger partial charge in [0.2, 0.25) is 5.91 Å². The van der Waals surface area contributed by atoms with E-state index in [0.717, 1.165) is 25.7 Å². The van der Waals surface area contributed by atoms with Crippen molar-refractivity contribution in [3.05, 3.63) is 0 Å². The second-order valence-electron chi connectivity index (χ2n) is 4.60. The highest BCUT2D eigenvalue weighted by Gasteiger charge is 2.37. The van der Waals surface area contributed by atoms with E-state index in [2.05, 4.69) is 10.1 Å². The van der Waals surface area contributed by atoms with Gasteiger partial charge in [-0.05, 0) is 19.8 Å². The summed E-state index contributed by atoms with van der Waals surface area (Å²) >= 11 is 0. The average molecular weight is 265 g/mol. The molecular weight excluding hydrogens is 244 g/mol. The minimum Gasteiger partial charge on any atom is -0.468 e. The second-order valence-corrected chi connectivity index (χ2v) is 4.60. The minimum absolute atomic E-state index is 0. The summed E-state index contributed by atoms with van der Waals surface area (Å²) in [5.74, 6) is -0.788. The van der Waals surface area contributed by atoms with Crippen LogP contribution >= 0.6 is 12.4 Å². The van der Waals surface area contributed by atoms with Gasteiger partial charge in [0, 0.05) is 5.54 Å². The fourth-order valence-corrected chi connectivity index (χ4v) is 2.14. The Morgan fingerprint density at radius 1 is 1.47 bits per heavy atom. The molecule has 1 aliphatic carbocycles. The number of rotatable bonds is 3. The van der Waals surface area contributed by atoms with E-state index in [1.807, 2.05) is 6.92 Å². The van der Waals surface area contributed by atoms with Gasteiger partial charge in [-0.25, -0.2) is 0 Å². The van der Waals surface area contributed by atoms with Gasteiger partial charge >= 0.3 is 5.97 Å². The maximum Gasteiger partial charge on any atom is 0.325 e. The molecule has 1 fully saturated rings. The Labute approximate surface area is 108 Å². The van der Waals surface area contributed by atoms with Gasteiger partial charge in [-0.15, -0.1) is 12.4 Å². The van der Waals surface area contributed by atoms with E-state index in [0.29, 0.717) is 0 Å².